The highest BCUT2D eigenvalue weighted by atomic mass is 79.9. The van der Waals surface area contributed by atoms with Crippen LogP contribution in [0.2, 0.25) is 0 Å². The highest BCUT2D eigenvalue weighted by molar-refractivity contribution is 9.10. The lowest BCUT2D eigenvalue weighted by Gasteiger charge is -2.20. The van der Waals surface area contributed by atoms with Crippen molar-refractivity contribution in [1.82, 2.24) is 4.98 Å². The molecule has 6 nitrogen and oxygen atoms in total. The average molecular weight is 345 g/mol. The van der Waals surface area contributed by atoms with Gasteiger partial charge in [0.25, 0.3) is 0 Å². The van der Waals surface area contributed by atoms with E-state index >= 15 is 0 Å². The number of amides is 1. The topological polar surface area (TPSA) is 77.5 Å². The van der Waals surface area contributed by atoms with Crippen LogP contribution >= 0.6 is 15.9 Å². The van der Waals surface area contributed by atoms with Gasteiger partial charge >= 0.3 is 12.1 Å². The van der Waals surface area contributed by atoms with Crippen LogP contribution in [0.4, 0.5) is 10.5 Å². The quantitative estimate of drug-likeness (QED) is 0.850. The Morgan fingerprint density at radius 3 is 2.60 bits per heavy atom. The minimum absolute atomic E-state index is 0.0286. The molecule has 1 aromatic heterocycles. The maximum Gasteiger partial charge on any atom is 0.412 e. The van der Waals surface area contributed by atoms with E-state index < -0.39 is 17.7 Å². The second kappa shape index (κ2) is 6.69. The predicted octanol–water partition coefficient (Wildman–Crippen LogP) is 3.37. The fourth-order valence-electron chi connectivity index (χ4n) is 1.31. The van der Waals surface area contributed by atoms with Crippen molar-refractivity contribution in [2.75, 3.05) is 11.9 Å². The number of hydrogen-bond acceptors (Lipinski definition) is 5. The summed E-state index contributed by atoms with van der Waals surface area (Å²) >= 11 is 3.23. The van der Waals surface area contributed by atoms with Gasteiger partial charge in [-0.15, -0.1) is 0 Å². The fraction of sp³-hybridized carbons (Fsp3) is 0.462. The molecule has 0 unspecified atom stereocenters. The van der Waals surface area contributed by atoms with Gasteiger partial charge in [0.2, 0.25) is 0 Å². The Kier molecular flexibility index (Phi) is 5.50. The Morgan fingerprint density at radius 2 is 2.05 bits per heavy atom. The third kappa shape index (κ3) is 5.16. The van der Waals surface area contributed by atoms with Gasteiger partial charge in [-0.3, -0.25) is 5.32 Å². The molecular weight excluding hydrogens is 328 g/mol. The van der Waals surface area contributed by atoms with E-state index in [1.165, 1.54) is 6.20 Å². The number of ether oxygens (including phenoxy) is 2. The van der Waals surface area contributed by atoms with Crippen LogP contribution < -0.4 is 5.32 Å². The number of carbonyl (C=O) groups is 2. The minimum Gasteiger partial charge on any atom is -0.461 e. The van der Waals surface area contributed by atoms with E-state index in [1.54, 1.807) is 33.8 Å². The van der Waals surface area contributed by atoms with E-state index in [0.29, 0.717) is 4.47 Å². The highest BCUT2D eigenvalue weighted by Gasteiger charge is 2.20. The van der Waals surface area contributed by atoms with E-state index in [9.17, 15) is 9.59 Å². The first-order chi connectivity index (χ1) is 9.23. The van der Waals surface area contributed by atoms with Gasteiger partial charge in [0.15, 0.2) is 5.69 Å². The number of hydrogen-bond donors (Lipinski definition) is 1. The van der Waals surface area contributed by atoms with Gasteiger partial charge in [0.05, 0.1) is 12.3 Å². The van der Waals surface area contributed by atoms with Crippen LogP contribution in [-0.4, -0.2) is 29.3 Å². The van der Waals surface area contributed by atoms with E-state index in [2.05, 4.69) is 26.2 Å². The van der Waals surface area contributed by atoms with Crippen LogP contribution in [0.5, 0.6) is 0 Å². The van der Waals surface area contributed by atoms with Crippen LogP contribution in [-0.2, 0) is 9.47 Å². The van der Waals surface area contributed by atoms with Gasteiger partial charge < -0.3 is 9.47 Å². The number of rotatable bonds is 3. The lowest BCUT2D eigenvalue weighted by atomic mass is 10.2. The molecular formula is C13H17BrN2O4. The second-order valence-electron chi connectivity index (χ2n) is 4.90. The number of esters is 1. The van der Waals surface area contributed by atoms with Gasteiger partial charge in [-0.05, 0) is 49.7 Å². The molecule has 0 radical (unpaired) electrons. The van der Waals surface area contributed by atoms with Crippen molar-refractivity contribution in [3.63, 3.8) is 0 Å². The van der Waals surface area contributed by atoms with Crippen LogP contribution in [0.15, 0.2) is 16.7 Å². The van der Waals surface area contributed by atoms with Gasteiger partial charge in [-0.1, -0.05) is 0 Å². The van der Waals surface area contributed by atoms with Crippen molar-refractivity contribution >= 4 is 33.7 Å². The summed E-state index contributed by atoms with van der Waals surface area (Å²) in [7, 11) is 0. The van der Waals surface area contributed by atoms with Gasteiger partial charge in [-0.25, -0.2) is 14.6 Å². The van der Waals surface area contributed by atoms with Crippen molar-refractivity contribution in [3.8, 4) is 0 Å². The molecule has 0 aliphatic carbocycles. The molecule has 1 amide bonds. The monoisotopic (exact) mass is 344 g/mol. The third-order valence-corrected chi connectivity index (χ3v) is 2.39. The molecule has 1 aromatic rings. The van der Waals surface area contributed by atoms with E-state index in [0.717, 1.165) is 0 Å². The molecule has 1 rings (SSSR count). The molecule has 20 heavy (non-hydrogen) atoms. The predicted molar refractivity (Wildman–Crippen MR) is 77.8 cm³/mol. The van der Waals surface area contributed by atoms with E-state index in [1.807, 2.05) is 0 Å². The Balaban J connectivity index is 2.95. The lowest BCUT2D eigenvalue weighted by molar-refractivity contribution is 0.0521. The number of carbonyl (C=O) groups excluding carboxylic acids is 2. The normalized spacial score (nSPS) is 10.8. The van der Waals surface area contributed by atoms with Gasteiger partial charge in [-0.2, -0.15) is 0 Å². The standard InChI is InChI=1S/C13H17BrN2O4/c1-5-19-11(17)10-9(6-8(14)7-15-10)16-12(18)20-13(2,3)4/h6-7H,5H2,1-4H3,(H,16,18). The van der Waals surface area contributed by atoms with Crippen molar-refractivity contribution in [2.24, 2.45) is 0 Å². The zero-order valence-electron chi connectivity index (χ0n) is 11.8. The Labute approximate surface area is 126 Å². The first kappa shape index (κ1) is 16.4. The van der Waals surface area contributed by atoms with Crippen LogP contribution in [0.3, 0.4) is 0 Å². The molecule has 0 aromatic carbocycles. The molecule has 0 saturated carbocycles. The summed E-state index contributed by atoms with van der Waals surface area (Å²) in [5.41, 5.74) is -0.374. The van der Waals surface area contributed by atoms with Crippen molar-refractivity contribution in [2.45, 2.75) is 33.3 Å². The highest BCUT2D eigenvalue weighted by Crippen LogP contribution is 2.21. The maximum atomic E-state index is 11.8. The fourth-order valence-corrected chi connectivity index (χ4v) is 1.64. The SMILES string of the molecule is CCOC(=O)c1ncc(Br)cc1NC(=O)OC(C)(C)C. The molecule has 0 fully saturated rings. The molecule has 0 bridgehead atoms. The van der Waals surface area contributed by atoms with Crippen LogP contribution in [0, 0.1) is 0 Å². The number of anilines is 1. The van der Waals surface area contributed by atoms with Gasteiger partial charge in [0.1, 0.15) is 5.60 Å². The van der Waals surface area contributed by atoms with Crippen molar-refractivity contribution < 1.29 is 19.1 Å². The number of halogens is 1. The summed E-state index contributed by atoms with van der Waals surface area (Å²) < 4.78 is 10.6. The summed E-state index contributed by atoms with van der Waals surface area (Å²) in [5, 5.41) is 2.49. The minimum atomic E-state index is -0.664. The lowest BCUT2D eigenvalue weighted by Crippen LogP contribution is -2.28. The van der Waals surface area contributed by atoms with E-state index in [4.69, 9.17) is 9.47 Å². The summed E-state index contributed by atoms with van der Waals surface area (Å²) in [6, 6.07) is 1.56. The first-order valence-corrected chi connectivity index (χ1v) is 6.85. The summed E-state index contributed by atoms with van der Waals surface area (Å²) in [5.74, 6) is -0.606. The Hall–Kier alpha value is -1.63. The molecule has 0 aliphatic rings. The molecule has 7 heteroatoms. The number of nitrogens with zero attached hydrogens (tertiary/aromatic N) is 1. The molecule has 0 saturated heterocycles. The molecule has 1 heterocycles. The van der Waals surface area contributed by atoms with Crippen molar-refractivity contribution in [3.05, 3.63) is 22.4 Å². The van der Waals surface area contributed by atoms with Crippen LogP contribution in [0.1, 0.15) is 38.2 Å². The number of aromatic nitrogens is 1. The third-order valence-electron chi connectivity index (χ3n) is 1.96. The summed E-state index contributed by atoms with van der Waals surface area (Å²) in [6.45, 7) is 7.16. The number of pyridine rings is 1. The number of nitrogens with one attached hydrogen (secondary N) is 1. The first-order valence-electron chi connectivity index (χ1n) is 6.05. The molecule has 0 spiro atoms. The maximum absolute atomic E-state index is 11.8. The smallest absolute Gasteiger partial charge is 0.412 e. The Bertz CT molecular complexity index is 512. The second-order valence-corrected chi connectivity index (χ2v) is 5.81. The zero-order chi connectivity index (χ0) is 15.3. The molecule has 0 aliphatic heterocycles. The molecule has 1 N–H and O–H groups in total. The zero-order valence-corrected chi connectivity index (χ0v) is 13.4. The Morgan fingerprint density at radius 1 is 1.40 bits per heavy atom. The van der Waals surface area contributed by atoms with E-state index in [-0.39, 0.29) is 18.0 Å². The van der Waals surface area contributed by atoms with Gasteiger partial charge in [0, 0.05) is 10.7 Å². The molecule has 0 atom stereocenters. The van der Waals surface area contributed by atoms with Crippen molar-refractivity contribution in [1.29, 1.82) is 0 Å². The average Bonchev–Trinajstić information content (AvgIpc) is 2.26. The largest absolute Gasteiger partial charge is 0.461 e. The molecule has 110 valence electrons. The summed E-state index contributed by atoms with van der Waals surface area (Å²) in [4.78, 5) is 27.4. The summed E-state index contributed by atoms with van der Waals surface area (Å²) in [6.07, 6.45) is 0.787. The van der Waals surface area contributed by atoms with Crippen LogP contribution in [0.25, 0.3) is 0 Å².